The van der Waals surface area contributed by atoms with Gasteiger partial charge in [0.2, 0.25) is 0 Å². The Hall–Kier alpha value is -2.07. The number of methoxy groups -OCH3 is 1. The van der Waals surface area contributed by atoms with Crippen LogP contribution in [0.2, 0.25) is 0 Å². The van der Waals surface area contributed by atoms with E-state index in [1.54, 1.807) is 31.5 Å². The average Bonchev–Trinajstić information content (AvgIpc) is 2.48. The Labute approximate surface area is 112 Å². The quantitative estimate of drug-likeness (QED) is 0.864. The molecule has 1 aromatic heterocycles. The Balaban J connectivity index is 1.98. The number of hydrogen-bond acceptors (Lipinski definition) is 4. The first kappa shape index (κ1) is 13.4. The lowest BCUT2D eigenvalue weighted by molar-refractivity contribution is 0.262. The third-order valence-electron chi connectivity index (χ3n) is 2.79. The van der Waals surface area contributed by atoms with Crippen LogP contribution in [0.5, 0.6) is 11.5 Å². The van der Waals surface area contributed by atoms with Crippen LogP contribution in [0, 0.1) is 0 Å². The van der Waals surface area contributed by atoms with Crippen molar-refractivity contribution in [2.45, 2.75) is 13.0 Å². The van der Waals surface area contributed by atoms with E-state index in [0.717, 1.165) is 17.7 Å². The van der Waals surface area contributed by atoms with Crippen molar-refractivity contribution >= 4 is 0 Å². The van der Waals surface area contributed by atoms with Gasteiger partial charge < -0.3 is 14.6 Å². The Bertz CT molecular complexity index is 514. The third kappa shape index (κ3) is 3.69. The van der Waals surface area contributed by atoms with Gasteiger partial charge in [0.05, 0.1) is 20.3 Å². The zero-order valence-electron chi connectivity index (χ0n) is 10.9. The van der Waals surface area contributed by atoms with E-state index >= 15 is 0 Å². The van der Waals surface area contributed by atoms with Gasteiger partial charge in [-0.15, -0.1) is 0 Å². The second-order valence-corrected chi connectivity index (χ2v) is 4.05. The monoisotopic (exact) mass is 259 g/mol. The number of nitrogens with zero attached hydrogens (tertiary/aromatic N) is 1. The fraction of sp³-hybridized carbons (Fsp3) is 0.267. The molecule has 1 heterocycles. The summed E-state index contributed by atoms with van der Waals surface area (Å²) in [7, 11) is 1.60. The van der Waals surface area contributed by atoms with Crippen LogP contribution in [0.1, 0.15) is 11.3 Å². The van der Waals surface area contributed by atoms with Crippen LogP contribution in [-0.2, 0) is 13.0 Å². The molecule has 2 rings (SSSR count). The summed E-state index contributed by atoms with van der Waals surface area (Å²) in [4.78, 5) is 4.23. The number of benzene rings is 1. The molecule has 1 aromatic carbocycles. The van der Waals surface area contributed by atoms with Gasteiger partial charge in [-0.3, -0.25) is 4.98 Å². The van der Waals surface area contributed by atoms with Gasteiger partial charge in [-0.1, -0.05) is 6.07 Å². The van der Waals surface area contributed by atoms with Crippen molar-refractivity contribution in [1.82, 2.24) is 4.98 Å². The van der Waals surface area contributed by atoms with Crippen molar-refractivity contribution in [2.24, 2.45) is 0 Å². The molecule has 2 aromatic rings. The minimum atomic E-state index is -0.0527. The molecule has 0 aliphatic heterocycles. The molecule has 0 fully saturated rings. The molecule has 0 saturated heterocycles. The van der Waals surface area contributed by atoms with Crippen molar-refractivity contribution < 1.29 is 14.6 Å². The van der Waals surface area contributed by atoms with Crippen LogP contribution in [0.3, 0.4) is 0 Å². The topological polar surface area (TPSA) is 51.6 Å². The molecule has 19 heavy (non-hydrogen) atoms. The Kier molecular flexibility index (Phi) is 4.75. The second-order valence-electron chi connectivity index (χ2n) is 4.05. The molecule has 0 amide bonds. The summed E-state index contributed by atoms with van der Waals surface area (Å²) in [6.45, 7) is 0.458. The lowest BCUT2D eigenvalue weighted by Gasteiger charge is -2.11. The minimum Gasteiger partial charge on any atom is -0.497 e. The highest BCUT2D eigenvalue weighted by Gasteiger charge is 2.05. The van der Waals surface area contributed by atoms with Crippen LogP contribution < -0.4 is 9.47 Å². The molecule has 0 radical (unpaired) electrons. The number of aliphatic hydroxyl groups excluding tert-OH is 1. The first-order valence-corrected chi connectivity index (χ1v) is 6.14. The van der Waals surface area contributed by atoms with E-state index in [1.165, 1.54) is 0 Å². The summed E-state index contributed by atoms with van der Waals surface area (Å²) >= 11 is 0. The number of pyridine rings is 1. The largest absolute Gasteiger partial charge is 0.497 e. The van der Waals surface area contributed by atoms with Gasteiger partial charge in [-0.25, -0.2) is 0 Å². The summed E-state index contributed by atoms with van der Waals surface area (Å²) in [6, 6.07) is 11.2. The van der Waals surface area contributed by atoms with Crippen LogP contribution >= 0.6 is 0 Å². The van der Waals surface area contributed by atoms with E-state index < -0.39 is 0 Å². The average molecular weight is 259 g/mol. The van der Waals surface area contributed by atoms with Gasteiger partial charge in [0.15, 0.2) is 0 Å². The lowest BCUT2D eigenvalue weighted by atomic mass is 10.2. The predicted molar refractivity (Wildman–Crippen MR) is 72.4 cm³/mol. The molecular weight excluding hydrogens is 242 g/mol. The van der Waals surface area contributed by atoms with Crippen molar-refractivity contribution in [3.05, 3.63) is 53.9 Å². The Morgan fingerprint density at radius 2 is 2.11 bits per heavy atom. The normalized spacial score (nSPS) is 10.2. The summed E-state index contributed by atoms with van der Waals surface area (Å²) in [5.41, 5.74) is 1.73. The van der Waals surface area contributed by atoms with Crippen molar-refractivity contribution in [3.8, 4) is 11.5 Å². The number of aromatic nitrogens is 1. The lowest BCUT2D eigenvalue weighted by Crippen LogP contribution is -2.04. The van der Waals surface area contributed by atoms with Gasteiger partial charge in [0, 0.05) is 29.9 Å². The molecule has 0 aliphatic rings. The first-order chi connectivity index (χ1) is 9.33. The fourth-order valence-electron chi connectivity index (χ4n) is 1.74. The smallest absolute Gasteiger partial charge is 0.128 e. The number of ether oxygens (including phenoxy) is 2. The zero-order chi connectivity index (χ0) is 13.5. The maximum atomic E-state index is 9.27. The molecule has 4 nitrogen and oxygen atoms in total. The second kappa shape index (κ2) is 6.75. The number of hydrogen-bond donors (Lipinski definition) is 1. The maximum absolute atomic E-state index is 9.27. The fourth-order valence-corrected chi connectivity index (χ4v) is 1.74. The van der Waals surface area contributed by atoms with Gasteiger partial charge in [0.25, 0.3) is 0 Å². The van der Waals surface area contributed by atoms with E-state index in [-0.39, 0.29) is 6.61 Å². The third-order valence-corrected chi connectivity index (χ3v) is 2.79. The zero-order valence-corrected chi connectivity index (χ0v) is 10.9. The predicted octanol–water partition coefficient (Wildman–Crippen LogP) is 2.20. The molecule has 1 N–H and O–H groups in total. The highest BCUT2D eigenvalue weighted by molar-refractivity contribution is 5.40. The van der Waals surface area contributed by atoms with Crippen LogP contribution in [-0.4, -0.2) is 23.8 Å². The van der Waals surface area contributed by atoms with Crippen LogP contribution in [0.15, 0.2) is 42.6 Å². The van der Waals surface area contributed by atoms with Crippen molar-refractivity contribution in [2.75, 3.05) is 13.7 Å². The molecule has 0 saturated carbocycles. The Morgan fingerprint density at radius 1 is 1.21 bits per heavy atom. The van der Waals surface area contributed by atoms with Crippen LogP contribution in [0.4, 0.5) is 0 Å². The molecule has 4 heteroatoms. The molecule has 0 aliphatic carbocycles. The molecule has 100 valence electrons. The summed E-state index contributed by atoms with van der Waals surface area (Å²) < 4.78 is 10.8. The van der Waals surface area contributed by atoms with E-state index in [0.29, 0.717) is 18.1 Å². The molecule has 0 atom stereocenters. The van der Waals surface area contributed by atoms with E-state index in [1.807, 2.05) is 18.2 Å². The summed E-state index contributed by atoms with van der Waals surface area (Å²) in [6.07, 6.45) is 2.49. The SMILES string of the molecule is COc1ccc(CO)c(OCCc2ccccn2)c1. The summed E-state index contributed by atoms with van der Waals surface area (Å²) in [5, 5.41) is 9.27. The minimum absolute atomic E-state index is 0.0527. The van der Waals surface area contributed by atoms with Crippen molar-refractivity contribution in [1.29, 1.82) is 0 Å². The van der Waals surface area contributed by atoms with Crippen LogP contribution in [0.25, 0.3) is 0 Å². The van der Waals surface area contributed by atoms with E-state index in [9.17, 15) is 5.11 Å². The van der Waals surface area contributed by atoms with Gasteiger partial charge in [-0.2, -0.15) is 0 Å². The van der Waals surface area contributed by atoms with E-state index in [2.05, 4.69) is 4.98 Å². The van der Waals surface area contributed by atoms with Crippen molar-refractivity contribution in [3.63, 3.8) is 0 Å². The first-order valence-electron chi connectivity index (χ1n) is 6.14. The Morgan fingerprint density at radius 3 is 2.79 bits per heavy atom. The number of rotatable bonds is 6. The maximum Gasteiger partial charge on any atom is 0.128 e. The molecule has 0 bridgehead atoms. The van der Waals surface area contributed by atoms with E-state index in [4.69, 9.17) is 9.47 Å². The van der Waals surface area contributed by atoms with Gasteiger partial charge in [-0.05, 0) is 24.3 Å². The van der Waals surface area contributed by atoms with Gasteiger partial charge in [0.1, 0.15) is 11.5 Å². The molecule has 0 unspecified atom stereocenters. The highest BCUT2D eigenvalue weighted by Crippen LogP contribution is 2.24. The van der Waals surface area contributed by atoms with Gasteiger partial charge >= 0.3 is 0 Å². The highest BCUT2D eigenvalue weighted by atomic mass is 16.5. The molecule has 0 spiro atoms. The number of aliphatic hydroxyl groups is 1. The molecular formula is C15H17NO3. The summed E-state index contributed by atoms with van der Waals surface area (Å²) in [5.74, 6) is 1.36. The standard InChI is InChI=1S/C15H17NO3/c1-18-14-6-5-12(11-17)15(10-14)19-9-7-13-4-2-3-8-16-13/h2-6,8,10,17H,7,9,11H2,1H3.